The molecule has 0 aliphatic carbocycles. The third-order valence-electron chi connectivity index (χ3n) is 2.50. The van der Waals surface area contributed by atoms with Crippen molar-refractivity contribution in [2.24, 2.45) is 5.73 Å². The van der Waals surface area contributed by atoms with E-state index in [0.29, 0.717) is 22.8 Å². The molecule has 0 aliphatic heterocycles. The van der Waals surface area contributed by atoms with E-state index in [2.05, 4.69) is 18.5 Å². The fourth-order valence-electron chi connectivity index (χ4n) is 1.48. The first kappa shape index (κ1) is 14.4. The van der Waals surface area contributed by atoms with Gasteiger partial charge in [-0.15, -0.1) is 0 Å². The molecule has 0 amide bonds. The van der Waals surface area contributed by atoms with Crippen LogP contribution in [-0.4, -0.2) is 0 Å². The zero-order chi connectivity index (χ0) is 14.4. The second-order valence-corrected chi connectivity index (χ2v) is 4.10. The maximum Gasteiger partial charge on any atom is 0.0638 e. The molecule has 19 heavy (non-hydrogen) atoms. The molecule has 7 N–H and O–H groups in total. The molecule has 1 aromatic carbocycles. The van der Waals surface area contributed by atoms with Crippen molar-refractivity contribution >= 4 is 17.1 Å². The molecule has 0 fully saturated rings. The summed E-state index contributed by atoms with van der Waals surface area (Å²) < 4.78 is 0. The third-order valence-corrected chi connectivity index (χ3v) is 2.50. The van der Waals surface area contributed by atoms with Gasteiger partial charge >= 0.3 is 0 Å². The van der Waals surface area contributed by atoms with Crippen LogP contribution in [0.5, 0.6) is 0 Å². The van der Waals surface area contributed by atoms with Crippen LogP contribution in [0.25, 0.3) is 0 Å². The average molecular weight is 256 g/mol. The SMILES string of the molecule is C=C(N)/C=C\C(=C/C)C(=C)Nc1cc(N)ccc1N. The van der Waals surface area contributed by atoms with Crippen LogP contribution < -0.4 is 22.5 Å². The molecule has 100 valence electrons. The monoisotopic (exact) mass is 256 g/mol. The Labute approximate surface area is 114 Å². The fraction of sp³-hybridized carbons (Fsp3) is 0.0667. The van der Waals surface area contributed by atoms with E-state index in [1.807, 2.05) is 19.1 Å². The molecule has 4 heteroatoms. The smallest absolute Gasteiger partial charge is 0.0638 e. The lowest BCUT2D eigenvalue weighted by Crippen LogP contribution is -2.04. The van der Waals surface area contributed by atoms with Gasteiger partial charge in [-0.1, -0.05) is 25.3 Å². The third kappa shape index (κ3) is 4.27. The van der Waals surface area contributed by atoms with Crippen LogP contribution in [0, 0.1) is 0 Å². The summed E-state index contributed by atoms with van der Waals surface area (Å²) in [7, 11) is 0. The van der Waals surface area contributed by atoms with Crippen molar-refractivity contribution in [1.29, 1.82) is 0 Å². The summed E-state index contributed by atoms with van der Waals surface area (Å²) in [5.74, 6) is 0. The number of nitrogens with one attached hydrogen (secondary N) is 1. The molecule has 1 aromatic rings. The van der Waals surface area contributed by atoms with Crippen molar-refractivity contribution in [3.63, 3.8) is 0 Å². The van der Waals surface area contributed by atoms with Gasteiger partial charge in [0.1, 0.15) is 0 Å². The molecule has 0 atom stereocenters. The van der Waals surface area contributed by atoms with Gasteiger partial charge in [0.25, 0.3) is 0 Å². The van der Waals surface area contributed by atoms with Crippen molar-refractivity contribution < 1.29 is 0 Å². The largest absolute Gasteiger partial charge is 0.399 e. The first-order chi connectivity index (χ1) is 8.93. The highest BCUT2D eigenvalue weighted by Crippen LogP contribution is 2.24. The Morgan fingerprint density at radius 3 is 2.47 bits per heavy atom. The average Bonchev–Trinajstić information content (AvgIpc) is 2.34. The lowest BCUT2D eigenvalue weighted by molar-refractivity contribution is 1.39. The van der Waals surface area contributed by atoms with E-state index in [-0.39, 0.29) is 0 Å². The number of rotatable bonds is 5. The summed E-state index contributed by atoms with van der Waals surface area (Å²) >= 11 is 0. The molecule has 0 spiro atoms. The van der Waals surface area contributed by atoms with Gasteiger partial charge in [0.05, 0.1) is 11.4 Å². The van der Waals surface area contributed by atoms with Gasteiger partial charge < -0.3 is 22.5 Å². The van der Waals surface area contributed by atoms with Crippen LogP contribution in [-0.2, 0) is 0 Å². The fourth-order valence-corrected chi connectivity index (χ4v) is 1.48. The highest BCUT2D eigenvalue weighted by Gasteiger charge is 2.03. The molecular weight excluding hydrogens is 236 g/mol. The molecular formula is C15H20N4. The van der Waals surface area contributed by atoms with Gasteiger partial charge in [0.15, 0.2) is 0 Å². The second kappa shape index (κ2) is 6.35. The van der Waals surface area contributed by atoms with Crippen molar-refractivity contribution in [3.8, 4) is 0 Å². The van der Waals surface area contributed by atoms with Gasteiger partial charge in [-0.2, -0.15) is 0 Å². The molecule has 4 nitrogen and oxygen atoms in total. The van der Waals surface area contributed by atoms with Crippen molar-refractivity contribution in [2.45, 2.75) is 6.92 Å². The molecule has 0 heterocycles. The Morgan fingerprint density at radius 2 is 1.89 bits per heavy atom. The number of allylic oxidation sites excluding steroid dienone is 3. The van der Waals surface area contributed by atoms with E-state index in [1.54, 1.807) is 24.3 Å². The van der Waals surface area contributed by atoms with Crippen LogP contribution >= 0.6 is 0 Å². The summed E-state index contributed by atoms with van der Waals surface area (Å²) in [6.45, 7) is 9.49. The molecule has 0 saturated carbocycles. The normalized spacial score (nSPS) is 11.5. The molecule has 0 unspecified atom stereocenters. The molecule has 0 aromatic heterocycles. The van der Waals surface area contributed by atoms with Crippen molar-refractivity contribution in [1.82, 2.24) is 0 Å². The molecule has 1 rings (SSSR count). The van der Waals surface area contributed by atoms with E-state index >= 15 is 0 Å². The molecule has 0 radical (unpaired) electrons. The number of hydrogen-bond donors (Lipinski definition) is 4. The van der Waals surface area contributed by atoms with Gasteiger partial charge in [-0.25, -0.2) is 0 Å². The van der Waals surface area contributed by atoms with Gasteiger partial charge in [-0.05, 0) is 36.8 Å². The highest BCUT2D eigenvalue weighted by atomic mass is 14.9. The zero-order valence-corrected chi connectivity index (χ0v) is 11.1. The number of benzene rings is 1. The summed E-state index contributed by atoms with van der Waals surface area (Å²) in [4.78, 5) is 0. The first-order valence-electron chi connectivity index (χ1n) is 5.84. The number of hydrogen-bond acceptors (Lipinski definition) is 4. The molecule has 0 saturated heterocycles. The Balaban J connectivity index is 2.89. The van der Waals surface area contributed by atoms with Crippen molar-refractivity contribution in [2.75, 3.05) is 16.8 Å². The van der Waals surface area contributed by atoms with E-state index in [0.717, 1.165) is 11.3 Å². The summed E-state index contributed by atoms with van der Waals surface area (Å²) in [6, 6.07) is 5.26. The van der Waals surface area contributed by atoms with Crippen molar-refractivity contribution in [3.05, 3.63) is 66.6 Å². The minimum absolute atomic E-state index is 0.482. The quantitative estimate of drug-likeness (QED) is 0.481. The summed E-state index contributed by atoms with van der Waals surface area (Å²) in [5.41, 5.74) is 21.2. The van der Waals surface area contributed by atoms with E-state index < -0.39 is 0 Å². The summed E-state index contributed by atoms with van der Waals surface area (Å²) in [5, 5.41) is 3.14. The van der Waals surface area contributed by atoms with Crippen LogP contribution in [0.4, 0.5) is 17.1 Å². The van der Waals surface area contributed by atoms with Crippen LogP contribution in [0.3, 0.4) is 0 Å². The van der Waals surface area contributed by atoms with Gasteiger partial charge in [-0.3, -0.25) is 0 Å². The minimum Gasteiger partial charge on any atom is -0.399 e. The van der Waals surface area contributed by atoms with Crippen LogP contribution in [0.2, 0.25) is 0 Å². The molecule has 0 aliphatic rings. The van der Waals surface area contributed by atoms with E-state index in [9.17, 15) is 0 Å². The Kier molecular flexibility index (Phi) is 4.83. The second-order valence-electron chi connectivity index (χ2n) is 4.10. The standard InChI is InChI=1S/C15H20N4/c1-4-12(6-5-10(2)16)11(3)19-15-9-13(17)7-8-14(15)18/h4-9,19H,2-3,16-18H2,1H3/b6-5-,12-4+. The number of anilines is 3. The molecule has 0 bridgehead atoms. The Morgan fingerprint density at radius 1 is 1.21 bits per heavy atom. The van der Waals surface area contributed by atoms with E-state index in [4.69, 9.17) is 17.2 Å². The van der Waals surface area contributed by atoms with Gasteiger partial charge in [0, 0.05) is 17.1 Å². The predicted molar refractivity (Wildman–Crippen MR) is 84.3 cm³/mol. The van der Waals surface area contributed by atoms with E-state index in [1.165, 1.54) is 0 Å². The minimum atomic E-state index is 0.482. The predicted octanol–water partition coefficient (Wildman–Crippen LogP) is 2.75. The maximum absolute atomic E-state index is 5.87. The lowest BCUT2D eigenvalue weighted by Gasteiger charge is -2.13. The summed E-state index contributed by atoms with van der Waals surface area (Å²) in [6.07, 6.45) is 5.46. The Bertz CT molecular complexity index is 553. The zero-order valence-electron chi connectivity index (χ0n) is 11.1. The van der Waals surface area contributed by atoms with Gasteiger partial charge in [0.2, 0.25) is 0 Å². The number of nitrogens with two attached hydrogens (primary N) is 3. The number of nitrogen functional groups attached to an aromatic ring is 2. The van der Waals surface area contributed by atoms with Crippen LogP contribution in [0.15, 0.2) is 66.6 Å². The lowest BCUT2D eigenvalue weighted by atomic mass is 10.1. The topological polar surface area (TPSA) is 90.1 Å². The van der Waals surface area contributed by atoms with Crippen LogP contribution in [0.1, 0.15) is 6.92 Å². The Hall–Kier alpha value is -2.62. The highest BCUT2D eigenvalue weighted by molar-refractivity contribution is 5.73. The first-order valence-corrected chi connectivity index (χ1v) is 5.84. The maximum atomic E-state index is 5.87.